The van der Waals surface area contributed by atoms with Crippen LogP contribution in [-0.4, -0.2) is 4.57 Å². The molecule has 1 aromatic heterocycles. The van der Waals surface area contributed by atoms with Crippen molar-refractivity contribution in [3.05, 3.63) is 192 Å². The molecule has 0 saturated carbocycles. The Morgan fingerprint density at radius 3 is 2.04 bits per heavy atom. The van der Waals surface area contributed by atoms with Gasteiger partial charge >= 0.3 is 0 Å². The van der Waals surface area contributed by atoms with E-state index in [0.717, 1.165) is 32.1 Å². The summed E-state index contributed by atoms with van der Waals surface area (Å²) in [5.74, 6) is 0.475. The van der Waals surface area contributed by atoms with Gasteiger partial charge in [-0.05, 0) is 113 Å². The molecule has 0 aliphatic heterocycles. The molecule has 1 atom stereocenters. The van der Waals surface area contributed by atoms with Crippen molar-refractivity contribution in [2.45, 2.75) is 38.5 Å². The Bertz CT molecular complexity index is 2400. The maximum absolute atomic E-state index is 2.53. The topological polar surface area (TPSA) is 4.93 Å². The van der Waals surface area contributed by atoms with Crippen LogP contribution in [0.4, 0.5) is 0 Å². The predicted molar refractivity (Wildman–Crippen MR) is 213 cm³/mol. The number of hydrogen-bond donors (Lipinski definition) is 0. The number of nitrogens with zero attached hydrogens (tertiary/aromatic N) is 1. The van der Waals surface area contributed by atoms with E-state index in [1.165, 1.54) is 72.9 Å². The maximum atomic E-state index is 2.53. The first-order valence-electron chi connectivity index (χ1n) is 18.2. The maximum Gasteiger partial charge on any atom is 0.0541 e. The molecule has 0 bridgehead atoms. The van der Waals surface area contributed by atoms with E-state index in [1.54, 1.807) is 11.1 Å². The summed E-state index contributed by atoms with van der Waals surface area (Å²) in [5, 5.41) is 2.56. The third-order valence-corrected chi connectivity index (χ3v) is 10.9. The average Bonchev–Trinajstić information content (AvgIpc) is 3.53. The third kappa shape index (κ3) is 5.73. The fourth-order valence-electron chi connectivity index (χ4n) is 8.33. The molecule has 50 heavy (non-hydrogen) atoms. The van der Waals surface area contributed by atoms with Gasteiger partial charge in [0.05, 0.1) is 11.0 Å². The first-order valence-corrected chi connectivity index (χ1v) is 18.2. The first kappa shape index (κ1) is 30.4. The van der Waals surface area contributed by atoms with Crippen molar-refractivity contribution in [1.82, 2.24) is 4.57 Å². The molecule has 0 fully saturated rings. The Morgan fingerprint density at radius 1 is 0.560 bits per heavy atom. The van der Waals surface area contributed by atoms with Crippen molar-refractivity contribution in [3.63, 3.8) is 0 Å². The normalized spacial score (nSPS) is 14.7. The van der Waals surface area contributed by atoms with Crippen LogP contribution in [0.5, 0.6) is 0 Å². The number of fused-ring (bicyclic) bond motifs is 4. The van der Waals surface area contributed by atoms with Gasteiger partial charge in [-0.25, -0.2) is 0 Å². The van der Waals surface area contributed by atoms with E-state index < -0.39 is 0 Å². The van der Waals surface area contributed by atoms with E-state index in [1.807, 2.05) is 0 Å². The standard InChI is InChI=1S/C49H41N/c1-3-12-39(13-4-1)44(45-20-11-15-40-14-7-8-18-43(40)45)32-24-35-22-25-36(26-23-35)37-27-29-38(30-28-37)41-31-33-49-47(34-41)46-19-9-10-21-48(46)50(49)42-16-5-2-6-17-42/h1-3,5-10,12,14,16-23,25-31,33-34,44H,4,11,13,15,24,32H2/t44-/m0/s1. The molecule has 0 amide bonds. The van der Waals surface area contributed by atoms with Crippen LogP contribution in [0.3, 0.4) is 0 Å². The minimum Gasteiger partial charge on any atom is -0.309 e. The summed E-state index contributed by atoms with van der Waals surface area (Å²) in [7, 11) is 0. The molecule has 0 N–H and O–H groups in total. The lowest BCUT2D eigenvalue weighted by Crippen LogP contribution is -2.13. The number of para-hydroxylation sites is 2. The van der Waals surface area contributed by atoms with Crippen LogP contribution >= 0.6 is 0 Å². The van der Waals surface area contributed by atoms with Crippen molar-refractivity contribution in [1.29, 1.82) is 0 Å². The zero-order chi connectivity index (χ0) is 33.3. The molecule has 6 aromatic carbocycles. The number of benzene rings is 6. The second-order valence-corrected chi connectivity index (χ2v) is 13.8. The Kier molecular flexibility index (Phi) is 8.11. The van der Waals surface area contributed by atoms with Crippen LogP contribution in [0.2, 0.25) is 0 Å². The highest BCUT2D eigenvalue weighted by Crippen LogP contribution is 2.40. The van der Waals surface area contributed by atoms with Gasteiger partial charge in [-0.2, -0.15) is 0 Å². The quantitative estimate of drug-likeness (QED) is 0.155. The van der Waals surface area contributed by atoms with Gasteiger partial charge in [0.2, 0.25) is 0 Å². The second kappa shape index (κ2) is 13.3. The summed E-state index contributed by atoms with van der Waals surface area (Å²) in [6, 6.07) is 53.7. The molecule has 1 nitrogen and oxygen atoms in total. The molecule has 2 aliphatic rings. The van der Waals surface area contributed by atoms with Crippen molar-refractivity contribution in [3.8, 4) is 27.9 Å². The van der Waals surface area contributed by atoms with Gasteiger partial charge in [0.1, 0.15) is 0 Å². The van der Waals surface area contributed by atoms with Crippen molar-refractivity contribution >= 4 is 27.4 Å². The smallest absolute Gasteiger partial charge is 0.0541 e. The zero-order valence-corrected chi connectivity index (χ0v) is 28.4. The fourth-order valence-corrected chi connectivity index (χ4v) is 8.33. The van der Waals surface area contributed by atoms with Gasteiger partial charge in [0.25, 0.3) is 0 Å². The Labute approximate surface area is 295 Å². The van der Waals surface area contributed by atoms with Crippen molar-refractivity contribution in [2.75, 3.05) is 0 Å². The summed E-state index contributed by atoms with van der Waals surface area (Å²) in [6.45, 7) is 0. The fraction of sp³-hybridized carbons (Fsp3) is 0.143. The van der Waals surface area contributed by atoms with E-state index in [-0.39, 0.29) is 0 Å². The van der Waals surface area contributed by atoms with Gasteiger partial charge in [-0.3, -0.25) is 0 Å². The van der Waals surface area contributed by atoms with E-state index in [2.05, 4.69) is 174 Å². The predicted octanol–water partition coefficient (Wildman–Crippen LogP) is 13.0. The van der Waals surface area contributed by atoms with E-state index in [4.69, 9.17) is 0 Å². The molecular weight excluding hydrogens is 603 g/mol. The zero-order valence-electron chi connectivity index (χ0n) is 28.4. The lowest BCUT2D eigenvalue weighted by molar-refractivity contribution is 0.651. The number of aryl methyl sites for hydroxylation is 2. The largest absolute Gasteiger partial charge is 0.309 e. The van der Waals surface area contributed by atoms with Crippen molar-refractivity contribution in [2.24, 2.45) is 5.92 Å². The molecular formula is C49H41N. The lowest BCUT2D eigenvalue weighted by atomic mass is 9.76. The Hall–Kier alpha value is -5.66. The molecule has 7 aromatic rings. The van der Waals surface area contributed by atoms with Crippen LogP contribution < -0.4 is 0 Å². The van der Waals surface area contributed by atoms with Gasteiger partial charge in [-0.15, -0.1) is 0 Å². The summed E-state index contributed by atoms with van der Waals surface area (Å²) >= 11 is 0. The van der Waals surface area contributed by atoms with Crippen LogP contribution in [0, 0.1) is 5.92 Å². The summed E-state index contributed by atoms with van der Waals surface area (Å²) < 4.78 is 2.37. The molecule has 0 saturated heterocycles. The molecule has 0 unspecified atom stereocenters. The molecule has 1 heterocycles. The number of aromatic nitrogens is 1. The molecule has 242 valence electrons. The summed E-state index contributed by atoms with van der Waals surface area (Å²) in [6.07, 6.45) is 16.3. The molecule has 0 spiro atoms. The van der Waals surface area contributed by atoms with E-state index in [9.17, 15) is 0 Å². The minimum atomic E-state index is 0.475. The van der Waals surface area contributed by atoms with E-state index in [0.29, 0.717) is 5.92 Å². The van der Waals surface area contributed by atoms with Gasteiger partial charge in [0, 0.05) is 22.4 Å². The van der Waals surface area contributed by atoms with Gasteiger partial charge in [0.15, 0.2) is 0 Å². The number of rotatable bonds is 8. The van der Waals surface area contributed by atoms with E-state index >= 15 is 0 Å². The van der Waals surface area contributed by atoms with Crippen molar-refractivity contribution < 1.29 is 0 Å². The lowest BCUT2D eigenvalue weighted by Gasteiger charge is -2.29. The first-order chi connectivity index (χ1) is 24.8. The SMILES string of the molecule is C1=CCCC([C@H](CCc2ccc(-c3ccc(-c4ccc5c(c4)c4ccccc4n5-c4ccccc4)cc3)cc2)C2=CCCc3ccccc32)=C1. The van der Waals surface area contributed by atoms with Crippen LogP contribution in [-0.2, 0) is 12.8 Å². The van der Waals surface area contributed by atoms with Gasteiger partial charge < -0.3 is 4.57 Å². The summed E-state index contributed by atoms with van der Waals surface area (Å²) in [5.41, 5.74) is 16.2. The third-order valence-electron chi connectivity index (χ3n) is 10.9. The molecule has 0 radical (unpaired) electrons. The molecule has 9 rings (SSSR count). The highest BCUT2D eigenvalue weighted by molar-refractivity contribution is 6.10. The van der Waals surface area contributed by atoms with Crippen LogP contribution in [0.1, 0.15) is 42.4 Å². The number of allylic oxidation sites excluding steroid dienone is 6. The molecule has 2 aliphatic carbocycles. The highest BCUT2D eigenvalue weighted by Gasteiger charge is 2.24. The molecule has 1 heteroatoms. The summed E-state index contributed by atoms with van der Waals surface area (Å²) in [4.78, 5) is 0. The van der Waals surface area contributed by atoms with Crippen LogP contribution in [0.25, 0.3) is 55.3 Å². The second-order valence-electron chi connectivity index (χ2n) is 13.8. The highest BCUT2D eigenvalue weighted by atomic mass is 15.0. The minimum absolute atomic E-state index is 0.475. The van der Waals surface area contributed by atoms with Crippen LogP contribution in [0.15, 0.2) is 175 Å². The Morgan fingerprint density at radius 2 is 1.24 bits per heavy atom. The van der Waals surface area contributed by atoms with Gasteiger partial charge in [-0.1, -0.05) is 145 Å². The average molecular weight is 644 g/mol. The Balaban J connectivity index is 0.945. The monoisotopic (exact) mass is 643 g/mol. The number of hydrogen-bond acceptors (Lipinski definition) is 0.